The van der Waals surface area contributed by atoms with E-state index in [0.29, 0.717) is 25.6 Å². The smallest absolute Gasteiger partial charge is 0.221 e. The molecule has 1 amide bonds. The van der Waals surface area contributed by atoms with E-state index in [1.807, 2.05) is 30.5 Å². The van der Waals surface area contributed by atoms with Gasteiger partial charge < -0.3 is 15.5 Å². The fourth-order valence-corrected chi connectivity index (χ4v) is 7.31. The van der Waals surface area contributed by atoms with E-state index in [9.17, 15) is 13.2 Å². The molecule has 1 saturated carbocycles. The molecule has 2 fully saturated rings. The van der Waals surface area contributed by atoms with Gasteiger partial charge in [-0.05, 0) is 71.9 Å². The molecule has 5 rings (SSSR count). The molecule has 0 unspecified atom stereocenters. The second-order valence-electron chi connectivity index (χ2n) is 10.5. The Labute approximate surface area is 219 Å². The van der Waals surface area contributed by atoms with Crippen molar-refractivity contribution in [1.29, 1.82) is 0 Å². The van der Waals surface area contributed by atoms with Crippen molar-refractivity contribution >= 4 is 26.8 Å². The topological polar surface area (TPSA) is 105 Å². The van der Waals surface area contributed by atoms with E-state index in [-0.39, 0.29) is 30.6 Å². The van der Waals surface area contributed by atoms with Crippen molar-refractivity contribution in [2.75, 3.05) is 32.1 Å². The normalized spacial score (nSPS) is 18.1. The van der Waals surface area contributed by atoms with Crippen LogP contribution < -0.4 is 5.73 Å². The number of primary amides is 1. The summed E-state index contributed by atoms with van der Waals surface area (Å²) < 4.78 is 33.2. The molecule has 1 aliphatic heterocycles. The number of nitrogens with two attached hydrogens (primary N) is 1. The molecule has 0 radical (unpaired) electrons. The highest BCUT2D eigenvalue weighted by molar-refractivity contribution is 7.89. The number of sulfonamides is 1. The third kappa shape index (κ3) is 6.08. The van der Waals surface area contributed by atoms with Gasteiger partial charge in [-0.2, -0.15) is 0 Å². The molecule has 3 aromatic rings. The van der Waals surface area contributed by atoms with Gasteiger partial charge in [-0.15, -0.1) is 0 Å². The molecule has 37 heavy (non-hydrogen) atoms. The Morgan fingerprint density at radius 1 is 1.03 bits per heavy atom. The number of fused-ring (bicyclic) bond motifs is 1. The minimum absolute atomic E-state index is 0.0500. The number of rotatable bonds is 10. The largest absolute Gasteiger partial charge is 0.380 e. The highest BCUT2D eigenvalue weighted by Gasteiger charge is 2.30. The van der Waals surface area contributed by atoms with E-state index in [4.69, 9.17) is 10.5 Å². The Hall–Kier alpha value is -2.68. The molecule has 0 spiro atoms. The zero-order valence-electron chi connectivity index (χ0n) is 21.3. The van der Waals surface area contributed by atoms with Crippen LogP contribution in [0.4, 0.5) is 0 Å². The lowest BCUT2D eigenvalue weighted by molar-refractivity contribution is -0.117. The summed E-state index contributed by atoms with van der Waals surface area (Å²) in [6.45, 7) is 1.97. The average Bonchev–Trinajstić information content (AvgIpc) is 3.57. The molecule has 7 nitrogen and oxygen atoms in total. The van der Waals surface area contributed by atoms with Gasteiger partial charge in [0.05, 0.1) is 18.8 Å². The van der Waals surface area contributed by atoms with Gasteiger partial charge in [-0.1, -0.05) is 43.2 Å². The highest BCUT2D eigenvalue weighted by Crippen LogP contribution is 2.37. The molecule has 2 aromatic carbocycles. The van der Waals surface area contributed by atoms with Crippen molar-refractivity contribution in [3.8, 4) is 11.1 Å². The lowest BCUT2D eigenvalue weighted by Crippen LogP contribution is -2.40. The molecule has 0 atom stereocenters. The number of benzene rings is 2. The second-order valence-corrected chi connectivity index (χ2v) is 12.6. The predicted molar refractivity (Wildman–Crippen MR) is 147 cm³/mol. The van der Waals surface area contributed by atoms with Gasteiger partial charge >= 0.3 is 0 Å². The third-order valence-electron chi connectivity index (χ3n) is 7.98. The van der Waals surface area contributed by atoms with Crippen molar-refractivity contribution in [1.82, 2.24) is 9.29 Å². The van der Waals surface area contributed by atoms with Gasteiger partial charge in [-0.25, -0.2) is 12.7 Å². The van der Waals surface area contributed by atoms with Crippen molar-refractivity contribution in [3.63, 3.8) is 0 Å². The fraction of sp³-hybridized carbons (Fsp3) is 0.483. The van der Waals surface area contributed by atoms with Gasteiger partial charge in [-0.3, -0.25) is 4.79 Å². The van der Waals surface area contributed by atoms with Crippen LogP contribution in [0, 0.1) is 5.92 Å². The summed E-state index contributed by atoms with van der Waals surface area (Å²) in [4.78, 5) is 15.2. The number of carbonyl (C=O) groups is 1. The number of ether oxygens (including phenoxy) is 1. The first-order valence-electron chi connectivity index (χ1n) is 13.4. The van der Waals surface area contributed by atoms with Crippen LogP contribution in [-0.2, 0) is 26.0 Å². The molecular weight excluding hydrogens is 486 g/mol. The van der Waals surface area contributed by atoms with Gasteiger partial charge in [0.25, 0.3) is 0 Å². The van der Waals surface area contributed by atoms with Crippen LogP contribution in [0.3, 0.4) is 0 Å². The number of aromatic amines is 1. The average molecular weight is 524 g/mol. The Morgan fingerprint density at radius 3 is 2.46 bits per heavy atom. The molecule has 2 aliphatic rings. The zero-order valence-corrected chi connectivity index (χ0v) is 22.1. The number of nitrogens with zero attached hydrogens (tertiary/aromatic N) is 1. The predicted octanol–water partition coefficient (Wildman–Crippen LogP) is 4.58. The molecule has 0 bridgehead atoms. The maximum Gasteiger partial charge on any atom is 0.221 e. The van der Waals surface area contributed by atoms with E-state index in [0.717, 1.165) is 40.4 Å². The van der Waals surface area contributed by atoms with Crippen molar-refractivity contribution in [2.24, 2.45) is 11.7 Å². The number of hydrogen-bond acceptors (Lipinski definition) is 4. The number of nitrogens with one attached hydrogen (secondary N) is 1. The van der Waals surface area contributed by atoms with E-state index >= 15 is 0 Å². The first-order valence-corrected chi connectivity index (χ1v) is 15.0. The molecule has 2 heterocycles. The van der Waals surface area contributed by atoms with Gasteiger partial charge in [0, 0.05) is 36.8 Å². The van der Waals surface area contributed by atoms with E-state index in [1.54, 1.807) is 4.31 Å². The second kappa shape index (κ2) is 11.4. The standard InChI is InChI=1S/C29H37N3O4S/c30-28(33)18-25-16-24(22-8-2-1-3-9-22)17-26-27(19-31-29(25)26)23-10-12-32(13-11-23)37(34,35)15-14-36-20-21-6-4-5-7-21/h1-3,8-9,16-17,19,21,23,31H,4-7,10-15,18,20H2,(H2,30,33). The SMILES string of the molecule is NC(=O)Cc1cc(-c2ccccc2)cc2c(C3CCN(S(=O)(=O)CCOCC4CCCC4)CC3)c[nH]c12. The zero-order chi connectivity index (χ0) is 25.8. The Morgan fingerprint density at radius 2 is 1.76 bits per heavy atom. The fourth-order valence-electron chi connectivity index (χ4n) is 5.96. The van der Waals surface area contributed by atoms with E-state index in [2.05, 4.69) is 23.2 Å². The summed E-state index contributed by atoms with van der Waals surface area (Å²) in [7, 11) is -3.33. The van der Waals surface area contributed by atoms with Crippen LogP contribution in [-0.4, -0.2) is 55.7 Å². The maximum atomic E-state index is 12.9. The summed E-state index contributed by atoms with van der Waals surface area (Å²) in [5.74, 6) is 0.522. The van der Waals surface area contributed by atoms with E-state index in [1.165, 1.54) is 31.2 Å². The van der Waals surface area contributed by atoms with E-state index < -0.39 is 10.0 Å². The number of H-pyrrole nitrogens is 1. The lowest BCUT2D eigenvalue weighted by Gasteiger charge is -2.31. The minimum Gasteiger partial charge on any atom is -0.380 e. The van der Waals surface area contributed by atoms with Crippen LogP contribution in [0.2, 0.25) is 0 Å². The Balaban J connectivity index is 1.28. The van der Waals surface area contributed by atoms with Crippen LogP contribution >= 0.6 is 0 Å². The number of carbonyl (C=O) groups excluding carboxylic acids is 1. The summed E-state index contributed by atoms with van der Waals surface area (Å²) in [5, 5.41) is 1.08. The van der Waals surface area contributed by atoms with Crippen LogP contribution in [0.15, 0.2) is 48.7 Å². The molecule has 8 heteroatoms. The highest BCUT2D eigenvalue weighted by atomic mass is 32.2. The first-order chi connectivity index (χ1) is 17.9. The van der Waals surface area contributed by atoms with Crippen LogP contribution in [0.1, 0.15) is 55.6 Å². The van der Waals surface area contributed by atoms with Crippen molar-refractivity contribution in [3.05, 3.63) is 59.8 Å². The third-order valence-corrected chi connectivity index (χ3v) is 9.81. The summed E-state index contributed by atoms with van der Waals surface area (Å²) in [6.07, 6.45) is 8.63. The van der Waals surface area contributed by atoms with Crippen LogP contribution in [0.25, 0.3) is 22.0 Å². The molecule has 1 aromatic heterocycles. The monoisotopic (exact) mass is 523 g/mol. The Kier molecular flexibility index (Phi) is 7.98. The summed E-state index contributed by atoms with van der Waals surface area (Å²) >= 11 is 0. The van der Waals surface area contributed by atoms with Crippen LogP contribution in [0.5, 0.6) is 0 Å². The molecule has 198 valence electrons. The quantitative estimate of drug-likeness (QED) is 0.380. The summed E-state index contributed by atoms with van der Waals surface area (Å²) in [6, 6.07) is 14.3. The molecule has 1 saturated heterocycles. The molecular formula is C29H37N3O4S. The maximum absolute atomic E-state index is 12.9. The number of piperidine rings is 1. The first kappa shape index (κ1) is 25.9. The van der Waals surface area contributed by atoms with Gasteiger partial charge in [0.1, 0.15) is 0 Å². The molecule has 1 aliphatic carbocycles. The van der Waals surface area contributed by atoms with Crippen molar-refractivity contribution < 1.29 is 17.9 Å². The van der Waals surface area contributed by atoms with Gasteiger partial charge in [0.2, 0.25) is 15.9 Å². The lowest BCUT2D eigenvalue weighted by atomic mass is 9.88. The van der Waals surface area contributed by atoms with Crippen molar-refractivity contribution in [2.45, 2.75) is 50.9 Å². The molecule has 3 N–H and O–H groups in total. The minimum atomic E-state index is -3.33. The number of aromatic nitrogens is 1. The summed E-state index contributed by atoms with van der Waals surface area (Å²) in [5.41, 5.74) is 10.7. The number of hydrogen-bond donors (Lipinski definition) is 2. The Bertz CT molecular complexity index is 1320. The van der Waals surface area contributed by atoms with Gasteiger partial charge in [0.15, 0.2) is 0 Å². The number of amides is 1.